The van der Waals surface area contributed by atoms with Crippen LogP contribution in [-0.4, -0.2) is 16.7 Å². The molecule has 0 saturated heterocycles. The first kappa shape index (κ1) is 12.1. The monoisotopic (exact) mass is 251 g/mol. The fourth-order valence-corrected chi connectivity index (χ4v) is 2.38. The molecular formula is C12H14FN3S. The number of nitrogens with zero attached hydrogens (tertiary/aromatic N) is 2. The minimum Gasteiger partial charge on any atom is -0.330 e. The minimum atomic E-state index is -0.199. The van der Waals surface area contributed by atoms with Gasteiger partial charge in [-0.15, -0.1) is 21.5 Å². The van der Waals surface area contributed by atoms with Gasteiger partial charge in [0.15, 0.2) is 0 Å². The summed E-state index contributed by atoms with van der Waals surface area (Å²) < 4.78 is 12.7. The molecule has 0 unspecified atom stereocenters. The molecule has 0 saturated carbocycles. The van der Waals surface area contributed by atoms with E-state index < -0.39 is 0 Å². The SMILES string of the molecule is NCCc1nnc(CCc2ccc(F)cc2)s1. The largest absolute Gasteiger partial charge is 0.330 e. The molecule has 0 amide bonds. The fraction of sp³-hybridized carbons (Fsp3) is 0.333. The topological polar surface area (TPSA) is 51.8 Å². The molecule has 0 aliphatic carbocycles. The second-order valence-electron chi connectivity index (χ2n) is 3.75. The van der Waals surface area contributed by atoms with E-state index >= 15 is 0 Å². The van der Waals surface area contributed by atoms with Crippen molar-refractivity contribution in [2.75, 3.05) is 6.54 Å². The van der Waals surface area contributed by atoms with Gasteiger partial charge in [-0.05, 0) is 30.7 Å². The van der Waals surface area contributed by atoms with Gasteiger partial charge in [0.1, 0.15) is 15.8 Å². The van der Waals surface area contributed by atoms with Crippen LogP contribution in [0.3, 0.4) is 0 Å². The second-order valence-corrected chi connectivity index (χ2v) is 4.90. The lowest BCUT2D eigenvalue weighted by Gasteiger charge is -1.98. The molecule has 0 aliphatic heterocycles. The Morgan fingerprint density at radius 2 is 1.65 bits per heavy atom. The van der Waals surface area contributed by atoms with Crippen LogP contribution in [0.2, 0.25) is 0 Å². The molecule has 0 radical (unpaired) electrons. The number of aryl methyl sites for hydroxylation is 2. The molecule has 2 rings (SSSR count). The summed E-state index contributed by atoms with van der Waals surface area (Å²) >= 11 is 1.60. The molecule has 0 atom stereocenters. The highest BCUT2D eigenvalue weighted by molar-refractivity contribution is 7.11. The van der Waals surface area contributed by atoms with E-state index in [0.29, 0.717) is 6.54 Å². The molecule has 17 heavy (non-hydrogen) atoms. The summed E-state index contributed by atoms with van der Waals surface area (Å²) in [5, 5.41) is 10.2. The zero-order chi connectivity index (χ0) is 12.1. The summed E-state index contributed by atoms with van der Waals surface area (Å²) in [4.78, 5) is 0. The maximum atomic E-state index is 12.7. The van der Waals surface area contributed by atoms with E-state index in [9.17, 15) is 4.39 Å². The van der Waals surface area contributed by atoms with Crippen LogP contribution in [0.1, 0.15) is 15.6 Å². The Hall–Kier alpha value is -1.33. The van der Waals surface area contributed by atoms with Crippen molar-refractivity contribution in [3.05, 3.63) is 45.7 Å². The average Bonchev–Trinajstić information content (AvgIpc) is 2.77. The van der Waals surface area contributed by atoms with E-state index in [4.69, 9.17) is 5.73 Å². The summed E-state index contributed by atoms with van der Waals surface area (Å²) in [6.07, 6.45) is 2.49. The van der Waals surface area contributed by atoms with Crippen molar-refractivity contribution < 1.29 is 4.39 Å². The van der Waals surface area contributed by atoms with Crippen LogP contribution in [0.15, 0.2) is 24.3 Å². The van der Waals surface area contributed by atoms with Crippen molar-refractivity contribution in [2.24, 2.45) is 5.73 Å². The first-order chi connectivity index (χ1) is 8.28. The Bertz CT molecular complexity index is 467. The van der Waals surface area contributed by atoms with Crippen LogP contribution in [0, 0.1) is 5.82 Å². The zero-order valence-corrected chi connectivity index (χ0v) is 10.2. The van der Waals surface area contributed by atoms with Crippen LogP contribution < -0.4 is 5.73 Å². The van der Waals surface area contributed by atoms with E-state index in [0.717, 1.165) is 34.8 Å². The van der Waals surface area contributed by atoms with Gasteiger partial charge in [-0.25, -0.2) is 4.39 Å². The second kappa shape index (κ2) is 5.84. The van der Waals surface area contributed by atoms with Gasteiger partial charge in [0.2, 0.25) is 0 Å². The smallest absolute Gasteiger partial charge is 0.123 e. The Morgan fingerprint density at radius 3 is 2.29 bits per heavy atom. The third kappa shape index (κ3) is 3.57. The van der Waals surface area contributed by atoms with Crippen molar-refractivity contribution in [3.63, 3.8) is 0 Å². The molecule has 0 bridgehead atoms. The highest BCUT2D eigenvalue weighted by atomic mass is 32.1. The molecule has 1 aromatic heterocycles. The number of benzene rings is 1. The average molecular weight is 251 g/mol. The maximum absolute atomic E-state index is 12.7. The van der Waals surface area contributed by atoms with Crippen LogP contribution >= 0.6 is 11.3 Å². The third-order valence-electron chi connectivity index (χ3n) is 2.41. The molecule has 2 aromatic rings. The third-order valence-corrected chi connectivity index (χ3v) is 3.45. The van der Waals surface area contributed by atoms with Gasteiger partial charge in [-0.3, -0.25) is 0 Å². The Kier molecular flexibility index (Phi) is 4.17. The highest BCUT2D eigenvalue weighted by Crippen LogP contribution is 2.13. The van der Waals surface area contributed by atoms with Crippen molar-refractivity contribution >= 4 is 11.3 Å². The summed E-state index contributed by atoms with van der Waals surface area (Å²) in [6, 6.07) is 6.57. The van der Waals surface area contributed by atoms with Gasteiger partial charge < -0.3 is 5.73 Å². The highest BCUT2D eigenvalue weighted by Gasteiger charge is 2.04. The van der Waals surface area contributed by atoms with Gasteiger partial charge >= 0.3 is 0 Å². The Balaban J connectivity index is 1.90. The number of hydrogen-bond donors (Lipinski definition) is 1. The lowest BCUT2D eigenvalue weighted by Crippen LogP contribution is -2.01. The first-order valence-electron chi connectivity index (χ1n) is 5.53. The van der Waals surface area contributed by atoms with E-state index in [2.05, 4.69) is 10.2 Å². The van der Waals surface area contributed by atoms with Gasteiger partial charge in [0.25, 0.3) is 0 Å². The first-order valence-corrected chi connectivity index (χ1v) is 6.35. The maximum Gasteiger partial charge on any atom is 0.123 e. The standard InChI is InChI=1S/C12H14FN3S/c13-10-4-1-9(2-5-10)3-6-11-15-16-12(17-11)7-8-14/h1-2,4-5H,3,6-8,14H2. The van der Waals surface area contributed by atoms with Gasteiger partial charge in [-0.2, -0.15) is 0 Å². The molecule has 5 heteroatoms. The number of halogens is 1. The minimum absolute atomic E-state index is 0.199. The van der Waals surface area contributed by atoms with Crippen LogP contribution in [0.5, 0.6) is 0 Å². The fourth-order valence-electron chi connectivity index (χ4n) is 1.52. The van der Waals surface area contributed by atoms with Crippen LogP contribution in [0.4, 0.5) is 4.39 Å². The molecule has 2 N–H and O–H groups in total. The number of aromatic nitrogens is 2. The van der Waals surface area contributed by atoms with Crippen molar-refractivity contribution in [1.29, 1.82) is 0 Å². The van der Waals surface area contributed by atoms with Crippen molar-refractivity contribution in [3.8, 4) is 0 Å². The predicted molar refractivity (Wildman–Crippen MR) is 66.5 cm³/mol. The predicted octanol–water partition coefficient (Wildman–Crippen LogP) is 1.96. The number of nitrogens with two attached hydrogens (primary N) is 1. The molecule has 0 fully saturated rings. The van der Waals surface area contributed by atoms with Gasteiger partial charge in [0.05, 0.1) is 0 Å². The lowest BCUT2D eigenvalue weighted by molar-refractivity contribution is 0.627. The molecular weight excluding hydrogens is 237 g/mol. The molecule has 0 aliphatic rings. The Morgan fingerprint density at radius 1 is 1.00 bits per heavy atom. The quantitative estimate of drug-likeness (QED) is 0.883. The molecule has 3 nitrogen and oxygen atoms in total. The van der Waals surface area contributed by atoms with Crippen LogP contribution in [-0.2, 0) is 19.3 Å². The molecule has 1 aromatic carbocycles. The lowest BCUT2D eigenvalue weighted by atomic mass is 10.1. The van der Waals surface area contributed by atoms with Crippen LogP contribution in [0.25, 0.3) is 0 Å². The van der Waals surface area contributed by atoms with Crippen molar-refractivity contribution in [1.82, 2.24) is 10.2 Å². The van der Waals surface area contributed by atoms with Gasteiger partial charge in [0, 0.05) is 12.8 Å². The summed E-state index contributed by atoms with van der Waals surface area (Å²) in [5.74, 6) is -0.199. The number of hydrogen-bond acceptors (Lipinski definition) is 4. The molecule has 90 valence electrons. The Labute approximate surface area is 104 Å². The van der Waals surface area contributed by atoms with E-state index in [1.54, 1.807) is 23.5 Å². The molecule has 1 heterocycles. The summed E-state index contributed by atoms with van der Waals surface area (Å²) in [7, 11) is 0. The van der Waals surface area contributed by atoms with E-state index in [-0.39, 0.29) is 5.82 Å². The summed E-state index contributed by atoms with van der Waals surface area (Å²) in [6.45, 7) is 0.604. The summed E-state index contributed by atoms with van der Waals surface area (Å²) in [5.41, 5.74) is 6.57. The van der Waals surface area contributed by atoms with E-state index in [1.807, 2.05) is 0 Å². The molecule has 0 spiro atoms. The van der Waals surface area contributed by atoms with Gasteiger partial charge in [-0.1, -0.05) is 12.1 Å². The van der Waals surface area contributed by atoms with Crippen molar-refractivity contribution in [2.45, 2.75) is 19.3 Å². The normalized spacial score (nSPS) is 10.7. The number of rotatable bonds is 5. The zero-order valence-electron chi connectivity index (χ0n) is 9.40. The van der Waals surface area contributed by atoms with E-state index in [1.165, 1.54) is 12.1 Å².